The highest BCUT2D eigenvalue weighted by atomic mass is 16.4. The smallest absolute Gasteiger partial charge is 0.331 e. The van der Waals surface area contributed by atoms with Crippen molar-refractivity contribution in [2.45, 2.75) is 25.3 Å². The number of hydrogen-bond donors (Lipinski definition) is 1. The van der Waals surface area contributed by atoms with Crippen LogP contribution in [0, 0.1) is 0 Å². The molecule has 0 spiro atoms. The number of rotatable bonds is 2. The summed E-state index contributed by atoms with van der Waals surface area (Å²) in [7, 11) is 0. The molecule has 0 fully saturated rings. The second-order valence-electron chi connectivity index (χ2n) is 2.62. The van der Waals surface area contributed by atoms with E-state index in [2.05, 4.69) is 10.0 Å². The lowest BCUT2D eigenvalue weighted by Gasteiger charge is -2.15. The molecule has 0 amide bonds. The zero-order valence-corrected chi connectivity index (χ0v) is 6.47. The Hall–Kier alpha value is -1.48. The maximum absolute atomic E-state index is 10.6. The molecule has 1 unspecified atom stereocenters. The molecule has 5 nitrogen and oxygen atoms in total. The molecule has 0 saturated heterocycles. The summed E-state index contributed by atoms with van der Waals surface area (Å²) in [5.41, 5.74) is 8.39. The van der Waals surface area contributed by atoms with Gasteiger partial charge in [-0.2, -0.15) is 0 Å². The number of azide groups is 1. The summed E-state index contributed by atoms with van der Waals surface area (Å²) in [6, 6.07) is -0.471. The molecular formula is C7H9N3O2. The average Bonchev–Trinajstić information content (AvgIpc) is 2.05. The second kappa shape index (κ2) is 3.78. The number of carbonyl (C=O) groups is 1. The Labute approximate surface area is 69.3 Å². The van der Waals surface area contributed by atoms with Gasteiger partial charge in [-0.15, -0.1) is 0 Å². The van der Waals surface area contributed by atoms with E-state index in [1.165, 1.54) is 0 Å². The van der Waals surface area contributed by atoms with Gasteiger partial charge in [0.15, 0.2) is 0 Å². The standard InChI is InChI=1S/C7H9N3O2/c8-10-9-6-4-2-1-3-5(6)7(11)12/h3,6H,1-2,4H2,(H,11,12). The van der Waals surface area contributed by atoms with Crippen LogP contribution in [0.25, 0.3) is 10.4 Å². The molecule has 12 heavy (non-hydrogen) atoms. The van der Waals surface area contributed by atoms with Crippen molar-refractivity contribution in [2.24, 2.45) is 5.11 Å². The van der Waals surface area contributed by atoms with Crippen LogP contribution in [0.15, 0.2) is 16.8 Å². The third-order valence-electron chi connectivity index (χ3n) is 1.84. The molecule has 0 aromatic heterocycles. The minimum Gasteiger partial charge on any atom is -0.478 e. The Balaban J connectivity index is 2.84. The molecular weight excluding hydrogens is 158 g/mol. The van der Waals surface area contributed by atoms with E-state index >= 15 is 0 Å². The summed E-state index contributed by atoms with van der Waals surface area (Å²) < 4.78 is 0. The zero-order chi connectivity index (χ0) is 8.97. The highest BCUT2D eigenvalue weighted by Crippen LogP contribution is 2.21. The van der Waals surface area contributed by atoms with Gasteiger partial charge in [0, 0.05) is 10.5 Å². The Morgan fingerprint density at radius 3 is 3.17 bits per heavy atom. The van der Waals surface area contributed by atoms with Crippen molar-refractivity contribution < 1.29 is 9.90 Å². The summed E-state index contributed by atoms with van der Waals surface area (Å²) in [6.07, 6.45) is 3.92. The number of carboxylic acid groups (broad SMARTS) is 1. The highest BCUT2D eigenvalue weighted by Gasteiger charge is 2.21. The average molecular weight is 167 g/mol. The third kappa shape index (κ3) is 1.77. The number of allylic oxidation sites excluding steroid dienone is 1. The van der Waals surface area contributed by atoms with Crippen molar-refractivity contribution in [3.05, 3.63) is 22.1 Å². The highest BCUT2D eigenvalue weighted by molar-refractivity contribution is 5.88. The molecule has 1 aliphatic carbocycles. The van der Waals surface area contributed by atoms with Gasteiger partial charge < -0.3 is 5.11 Å². The van der Waals surface area contributed by atoms with Gasteiger partial charge >= 0.3 is 5.97 Å². The largest absolute Gasteiger partial charge is 0.478 e. The Bertz CT molecular complexity index is 266. The van der Waals surface area contributed by atoms with Crippen molar-refractivity contribution in [3.63, 3.8) is 0 Å². The van der Waals surface area contributed by atoms with Crippen LogP contribution in [0.4, 0.5) is 0 Å². The van der Waals surface area contributed by atoms with Crippen LogP contribution in [0.5, 0.6) is 0 Å². The van der Waals surface area contributed by atoms with Crippen molar-refractivity contribution in [1.29, 1.82) is 0 Å². The Morgan fingerprint density at radius 2 is 2.58 bits per heavy atom. The predicted molar refractivity (Wildman–Crippen MR) is 42.5 cm³/mol. The Morgan fingerprint density at radius 1 is 1.83 bits per heavy atom. The maximum Gasteiger partial charge on any atom is 0.331 e. The topological polar surface area (TPSA) is 86.1 Å². The minimum atomic E-state index is -0.980. The molecule has 64 valence electrons. The van der Waals surface area contributed by atoms with E-state index in [-0.39, 0.29) is 5.57 Å². The first-order valence-electron chi connectivity index (χ1n) is 3.73. The van der Waals surface area contributed by atoms with Gasteiger partial charge in [-0.25, -0.2) is 4.79 Å². The fraction of sp³-hybridized carbons (Fsp3) is 0.571. The first-order valence-corrected chi connectivity index (χ1v) is 3.73. The van der Waals surface area contributed by atoms with Crippen molar-refractivity contribution in [1.82, 2.24) is 0 Å². The van der Waals surface area contributed by atoms with Crippen LogP contribution in [-0.2, 0) is 4.79 Å². The fourth-order valence-corrected chi connectivity index (χ4v) is 1.27. The SMILES string of the molecule is [N-]=[N+]=NC1CCCC=C1C(=O)O. The molecule has 0 aliphatic heterocycles. The van der Waals surface area contributed by atoms with Crippen molar-refractivity contribution in [3.8, 4) is 0 Å². The van der Waals surface area contributed by atoms with E-state index < -0.39 is 12.0 Å². The van der Waals surface area contributed by atoms with Gasteiger partial charge in [0.1, 0.15) is 0 Å². The first kappa shape index (κ1) is 8.62. The lowest BCUT2D eigenvalue weighted by molar-refractivity contribution is -0.133. The normalized spacial score (nSPS) is 22.3. The molecule has 1 aliphatic rings. The number of aliphatic carboxylic acids is 1. The van der Waals surface area contributed by atoms with Crippen LogP contribution >= 0.6 is 0 Å². The summed E-state index contributed by atoms with van der Waals surface area (Å²) in [5.74, 6) is -0.980. The predicted octanol–water partition coefficient (Wildman–Crippen LogP) is 1.86. The van der Waals surface area contributed by atoms with E-state index in [1.54, 1.807) is 6.08 Å². The van der Waals surface area contributed by atoms with Crippen LogP contribution < -0.4 is 0 Å². The Kier molecular flexibility index (Phi) is 2.71. The molecule has 5 heteroatoms. The summed E-state index contributed by atoms with van der Waals surface area (Å²) >= 11 is 0. The lowest BCUT2D eigenvalue weighted by Crippen LogP contribution is -2.18. The number of carboxylic acids is 1. The van der Waals surface area contributed by atoms with Gasteiger partial charge in [-0.05, 0) is 24.8 Å². The van der Waals surface area contributed by atoms with Gasteiger partial charge in [-0.1, -0.05) is 11.2 Å². The molecule has 0 aromatic rings. The summed E-state index contributed by atoms with van der Waals surface area (Å²) in [5, 5.41) is 12.1. The van der Waals surface area contributed by atoms with Crippen LogP contribution in [0.3, 0.4) is 0 Å². The minimum absolute atomic E-state index is 0.235. The molecule has 0 aromatic carbocycles. The lowest BCUT2D eigenvalue weighted by atomic mass is 9.95. The van der Waals surface area contributed by atoms with E-state index in [0.29, 0.717) is 6.42 Å². The molecule has 1 N–H and O–H groups in total. The van der Waals surface area contributed by atoms with Crippen LogP contribution in [0.1, 0.15) is 19.3 Å². The van der Waals surface area contributed by atoms with Crippen molar-refractivity contribution in [2.75, 3.05) is 0 Å². The summed E-state index contributed by atoms with van der Waals surface area (Å²) in [4.78, 5) is 13.2. The second-order valence-corrected chi connectivity index (χ2v) is 2.62. The molecule has 0 saturated carbocycles. The third-order valence-corrected chi connectivity index (χ3v) is 1.84. The quantitative estimate of drug-likeness (QED) is 0.386. The van der Waals surface area contributed by atoms with Gasteiger partial charge in [-0.3, -0.25) is 0 Å². The van der Waals surface area contributed by atoms with Crippen LogP contribution in [-0.4, -0.2) is 17.1 Å². The van der Waals surface area contributed by atoms with Gasteiger partial charge in [0.2, 0.25) is 0 Å². The molecule has 1 atom stereocenters. The molecule has 0 bridgehead atoms. The van der Waals surface area contributed by atoms with Crippen LogP contribution in [0.2, 0.25) is 0 Å². The first-order chi connectivity index (χ1) is 5.75. The maximum atomic E-state index is 10.6. The zero-order valence-electron chi connectivity index (χ0n) is 6.47. The van der Waals surface area contributed by atoms with E-state index in [1.807, 2.05) is 0 Å². The van der Waals surface area contributed by atoms with Gasteiger partial charge in [0.05, 0.1) is 6.04 Å². The molecule has 1 rings (SSSR count). The van der Waals surface area contributed by atoms with Gasteiger partial charge in [0.25, 0.3) is 0 Å². The molecule has 0 radical (unpaired) electrons. The monoisotopic (exact) mass is 167 g/mol. The van der Waals surface area contributed by atoms with Crippen molar-refractivity contribution >= 4 is 5.97 Å². The number of hydrogen-bond acceptors (Lipinski definition) is 2. The van der Waals surface area contributed by atoms with E-state index in [9.17, 15) is 4.79 Å². The number of nitrogens with zero attached hydrogens (tertiary/aromatic N) is 3. The van der Waals surface area contributed by atoms with E-state index in [0.717, 1.165) is 12.8 Å². The summed E-state index contributed by atoms with van der Waals surface area (Å²) in [6.45, 7) is 0. The van der Waals surface area contributed by atoms with E-state index in [4.69, 9.17) is 10.6 Å². The fourth-order valence-electron chi connectivity index (χ4n) is 1.27. The molecule has 0 heterocycles.